The molecule has 2 amide bonds. The minimum atomic E-state index is 0.121. The monoisotopic (exact) mass is 351 g/mol. The Morgan fingerprint density at radius 2 is 1.86 bits per heavy atom. The molecule has 0 atom stereocenters. The fourth-order valence-corrected chi connectivity index (χ4v) is 3.56. The van der Waals surface area contributed by atoms with Gasteiger partial charge in [-0.05, 0) is 31.0 Å². The van der Waals surface area contributed by atoms with Gasteiger partial charge in [0.05, 0.1) is 0 Å². The number of hydrogen-bond acceptors (Lipinski definition) is 2. The Morgan fingerprint density at radius 3 is 2.52 bits per heavy atom. The number of hydrogen-bond donors (Lipinski definition) is 1. The average Bonchev–Trinajstić information content (AvgIpc) is 3.00. The van der Waals surface area contributed by atoms with Crippen molar-refractivity contribution in [3.63, 3.8) is 0 Å². The molecule has 0 aromatic heterocycles. The van der Waals surface area contributed by atoms with Crippen LogP contribution in [0.1, 0.15) is 25.7 Å². The first kappa shape index (κ1) is 14.7. The van der Waals surface area contributed by atoms with Crippen molar-refractivity contribution in [2.45, 2.75) is 31.7 Å². The van der Waals surface area contributed by atoms with Crippen LogP contribution in [0.25, 0.3) is 0 Å². The van der Waals surface area contributed by atoms with Crippen molar-refractivity contribution in [2.75, 3.05) is 31.1 Å². The summed E-state index contributed by atoms with van der Waals surface area (Å²) >= 11 is 3.51. The van der Waals surface area contributed by atoms with Gasteiger partial charge in [0, 0.05) is 42.4 Å². The molecule has 4 nitrogen and oxygen atoms in total. The van der Waals surface area contributed by atoms with Gasteiger partial charge in [0.2, 0.25) is 0 Å². The Hall–Kier alpha value is -1.23. The van der Waals surface area contributed by atoms with Crippen LogP contribution in [0.4, 0.5) is 10.5 Å². The molecule has 1 aliphatic heterocycles. The molecule has 0 bridgehead atoms. The van der Waals surface area contributed by atoms with E-state index in [1.165, 1.54) is 18.5 Å². The van der Waals surface area contributed by atoms with Crippen LogP contribution in [0.2, 0.25) is 0 Å². The summed E-state index contributed by atoms with van der Waals surface area (Å²) in [5.41, 5.74) is 1.22. The van der Waals surface area contributed by atoms with E-state index in [9.17, 15) is 4.79 Å². The average molecular weight is 352 g/mol. The Balaban J connectivity index is 1.51. The number of halogens is 1. The van der Waals surface area contributed by atoms with E-state index in [2.05, 4.69) is 44.3 Å². The van der Waals surface area contributed by atoms with E-state index in [1.807, 2.05) is 11.0 Å². The summed E-state index contributed by atoms with van der Waals surface area (Å²) < 4.78 is 1.10. The molecule has 1 heterocycles. The topological polar surface area (TPSA) is 35.6 Å². The van der Waals surface area contributed by atoms with Crippen LogP contribution in [-0.2, 0) is 0 Å². The first-order chi connectivity index (χ1) is 10.2. The molecule has 1 saturated carbocycles. The Kier molecular flexibility index (Phi) is 4.68. The Labute approximate surface area is 134 Å². The summed E-state index contributed by atoms with van der Waals surface area (Å²) in [5.74, 6) is 0. The summed E-state index contributed by atoms with van der Waals surface area (Å²) in [6.45, 7) is 3.39. The lowest BCUT2D eigenvalue weighted by Crippen LogP contribution is -2.53. The van der Waals surface area contributed by atoms with Crippen molar-refractivity contribution in [3.05, 3.63) is 28.7 Å². The van der Waals surface area contributed by atoms with Gasteiger partial charge in [0.1, 0.15) is 0 Å². The van der Waals surface area contributed by atoms with Crippen LogP contribution in [0, 0.1) is 0 Å². The lowest BCUT2D eigenvalue weighted by molar-refractivity contribution is 0.190. The number of carbonyl (C=O) groups excluding carboxylic acids is 1. The molecule has 1 aliphatic carbocycles. The fourth-order valence-electron chi connectivity index (χ4n) is 3.18. The number of carbonyl (C=O) groups is 1. The van der Waals surface area contributed by atoms with E-state index in [0.717, 1.165) is 43.5 Å². The van der Waals surface area contributed by atoms with Crippen molar-refractivity contribution in [3.8, 4) is 0 Å². The molecule has 114 valence electrons. The molecule has 0 radical (unpaired) electrons. The number of piperazine rings is 1. The van der Waals surface area contributed by atoms with E-state index in [0.29, 0.717) is 6.04 Å². The standard InChI is InChI=1S/C16H22BrN3O/c17-13-4-3-7-15(12-13)19-8-10-20(11-9-19)16(21)18-14-5-1-2-6-14/h3-4,7,12,14H,1-2,5-6,8-11H2,(H,18,21). The van der Waals surface area contributed by atoms with E-state index >= 15 is 0 Å². The third-order valence-corrected chi connectivity index (χ3v) is 4.92. The predicted octanol–water partition coefficient (Wildman–Crippen LogP) is 3.22. The number of urea groups is 1. The smallest absolute Gasteiger partial charge is 0.317 e. The highest BCUT2D eigenvalue weighted by Gasteiger charge is 2.24. The van der Waals surface area contributed by atoms with Crippen molar-refractivity contribution < 1.29 is 4.79 Å². The highest BCUT2D eigenvalue weighted by atomic mass is 79.9. The van der Waals surface area contributed by atoms with Crippen molar-refractivity contribution in [1.82, 2.24) is 10.2 Å². The first-order valence-corrected chi connectivity index (χ1v) is 8.57. The van der Waals surface area contributed by atoms with Crippen molar-refractivity contribution >= 4 is 27.6 Å². The predicted molar refractivity (Wildman–Crippen MR) is 88.7 cm³/mol. The van der Waals surface area contributed by atoms with E-state index in [-0.39, 0.29) is 6.03 Å². The Morgan fingerprint density at radius 1 is 1.14 bits per heavy atom. The van der Waals surface area contributed by atoms with E-state index < -0.39 is 0 Å². The van der Waals surface area contributed by atoms with Crippen LogP contribution in [0.15, 0.2) is 28.7 Å². The number of benzene rings is 1. The third-order valence-electron chi connectivity index (χ3n) is 4.42. The number of rotatable bonds is 2. The van der Waals surface area contributed by atoms with Gasteiger partial charge in [-0.15, -0.1) is 0 Å². The zero-order valence-electron chi connectivity index (χ0n) is 12.2. The number of amides is 2. The van der Waals surface area contributed by atoms with Gasteiger partial charge in [0.25, 0.3) is 0 Å². The van der Waals surface area contributed by atoms with Gasteiger partial charge < -0.3 is 15.1 Å². The molecule has 0 unspecified atom stereocenters. The van der Waals surface area contributed by atoms with E-state index in [4.69, 9.17) is 0 Å². The molecule has 2 aliphatic rings. The first-order valence-electron chi connectivity index (χ1n) is 7.78. The van der Waals surface area contributed by atoms with Crippen molar-refractivity contribution in [1.29, 1.82) is 0 Å². The molecule has 5 heteroatoms. The lowest BCUT2D eigenvalue weighted by atomic mass is 10.2. The fraction of sp³-hybridized carbons (Fsp3) is 0.562. The third kappa shape index (κ3) is 3.70. The van der Waals surface area contributed by atoms with Crippen LogP contribution in [0.5, 0.6) is 0 Å². The van der Waals surface area contributed by atoms with Crippen molar-refractivity contribution in [2.24, 2.45) is 0 Å². The number of nitrogens with one attached hydrogen (secondary N) is 1. The minimum absolute atomic E-state index is 0.121. The van der Waals surface area contributed by atoms with E-state index in [1.54, 1.807) is 0 Å². The van der Waals surface area contributed by atoms with Crippen LogP contribution in [-0.4, -0.2) is 43.2 Å². The summed E-state index contributed by atoms with van der Waals surface area (Å²) in [5, 5.41) is 3.17. The van der Waals surface area contributed by atoms with Gasteiger partial charge in [0.15, 0.2) is 0 Å². The summed E-state index contributed by atoms with van der Waals surface area (Å²) in [6.07, 6.45) is 4.79. The maximum atomic E-state index is 12.2. The van der Waals surface area contributed by atoms with Gasteiger partial charge in [-0.3, -0.25) is 0 Å². The van der Waals surface area contributed by atoms with Gasteiger partial charge >= 0.3 is 6.03 Å². The maximum absolute atomic E-state index is 12.2. The summed E-state index contributed by atoms with van der Waals surface area (Å²) in [6, 6.07) is 8.87. The van der Waals surface area contributed by atoms with Gasteiger partial charge in [-0.25, -0.2) is 4.79 Å². The highest BCUT2D eigenvalue weighted by molar-refractivity contribution is 9.10. The molecule has 2 fully saturated rings. The highest BCUT2D eigenvalue weighted by Crippen LogP contribution is 2.21. The second-order valence-corrected chi connectivity index (χ2v) is 6.80. The van der Waals surface area contributed by atoms with Gasteiger partial charge in [-0.1, -0.05) is 34.8 Å². The zero-order chi connectivity index (χ0) is 14.7. The largest absolute Gasteiger partial charge is 0.368 e. The number of nitrogens with zero attached hydrogens (tertiary/aromatic N) is 2. The second-order valence-electron chi connectivity index (χ2n) is 5.88. The van der Waals surface area contributed by atoms with Gasteiger partial charge in [-0.2, -0.15) is 0 Å². The summed E-state index contributed by atoms with van der Waals surface area (Å²) in [4.78, 5) is 16.5. The van der Waals surface area contributed by atoms with Crippen LogP contribution >= 0.6 is 15.9 Å². The lowest BCUT2D eigenvalue weighted by Gasteiger charge is -2.36. The zero-order valence-corrected chi connectivity index (χ0v) is 13.8. The molecule has 1 N–H and O–H groups in total. The molecular weight excluding hydrogens is 330 g/mol. The second kappa shape index (κ2) is 6.69. The normalized spacial score (nSPS) is 19.9. The number of anilines is 1. The molecule has 0 spiro atoms. The summed E-state index contributed by atoms with van der Waals surface area (Å²) in [7, 11) is 0. The molecular formula is C16H22BrN3O. The SMILES string of the molecule is O=C(NC1CCCC1)N1CCN(c2cccc(Br)c2)CC1. The molecule has 1 aromatic carbocycles. The van der Waals surface area contributed by atoms with Crippen LogP contribution < -0.4 is 10.2 Å². The molecule has 3 rings (SSSR count). The van der Waals surface area contributed by atoms with Crippen LogP contribution in [0.3, 0.4) is 0 Å². The molecule has 1 aromatic rings. The minimum Gasteiger partial charge on any atom is -0.368 e. The molecule has 1 saturated heterocycles. The Bertz CT molecular complexity index is 494. The quantitative estimate of drug-likeness (QED) is 0.887. The molecule has 21 heavy (non-hydrogen) atoms. The maximum Gasteiger partial charge on any atom is 0.317 e.